The van der Waals surface area contributed by atoms with E-state index in [1.165, 1.54) is 0 Å². The molecule has 4 heterocycles. The van der Waals surface area contributed by atoms with Crippen LogP contribution in [0.3, 0.4) is 0 Å². The fourth-order valence-electron chi connectivity index (χ4n) is 7.51. The molecule has 0 aromatic heterocycles. The maximum atomic E-state index is 14.6. The highest BCUT2D eigenvalue weighted by Gasteiger charge is 2.76. The van der Waals surface area contributed by atoms with E-state index in [1.54, 1.807) is 33.7 Å². The Morgan fingerprint density at radius 3 is 2.50 bits per heavy atom. The summed E-state index contributed by atoms with van der Waals surface area (Å²) in [6.07, 6.45) is 4.60. The zero-order chi connectivity index (χ0) is 29.9. The standard InChI is InChI=1S/C32H44N4O5S/c1-4-12-34(16-15-33-17-20-41-21-18-33)31(40)28-32-23(3)22-25(42-32)26(27(32)30(39)36(28)14-9-19-37)29(38)35(13-5-2)24-10-7-6-8-11-24/h4-8,10-11,23,25-28,37H,1-2,9,12-22H2,3H3/t23?,25-,26+,27+,28?,32?/m1/s1. The van der Waals surface area contributed by atoms with Crippen molar-refractivity contribution in [1.29, 1.82) is 0 Å². The number of nitrogens with zero attached hydrogens (tertiary/aromatic N) is 4. The summed E-state index contributed by atoms with van der Waals surface area (Å²) in [6.45, 7) is 15.1. The monoisotopic (exact) mass is 596 g/mol. The minimum atomic E-state index is -0.705. The molecule has 3 amide bonds. The average Bonchev–Trinajstić information content (AvgIpc) is 3.60. The van der Waals surface area contributed by atoms with E-state index >= 15 is 0 Å². The molecular weight excluding hydrogens is 552 g/mol. The van der Waals surface area contributed by atoms with E-state index in [9.17, 15) is 19.5 Å². The predicted molar refractivity (Wildman–Crippen MR) is 165 cm³/mol. The Bertz CT molecular complexity index is 1160. The lowest BCUT2D eigenvalue weighted by atomic mass is 9.65. The first-order chi connectivity index (χ1) is 20.4. The van der Waals surface area contributed by atoms with E-state index < -0.39 is 22.6 Å². The molecule has 0 aliphatic carbocycles. The normalized spacial score (nSPS) is 30.3. The molecular formula is C32H44N4O5S. The van der Waals surface area contributed by atoms with Crippen LogP contribution >= 0.6 is 11.8 Å². The Hall–Kier alpha value is -2.66. The first-order valence-electron chi connectivity index (χ1n) is 15.1. The molecule has 5 rings (SSSR count). The summed E-state index contributed by atoms with van der Waals surface area (Å²) in [5.74, 6) is -1.37. The third kappa shape index (κ3) is 5.42. The molecule has 10 heteroatoms. The fourth-order valence-corrected chi connectivity index (χ4v) is 9.92. The van der Waals surface area contributed by atoms with Crippen LogP contribution in [-0.2, 0) is 19.1 Å². The van der Waals surface area contributed by atoms with Crippen molar-refractivity contribution < 1.29 is 24.2 Å². The Kier molecular flexibility index (Phi) is 9.77. The number of amides is 3. The van der Waals surface area contributed by atoms with Gasteiger partial charge in [-0.1, -0.05) is 37.3 Å². The summed E-state index contributed by atoms with van der Waals surface area (Å²) in [6, 6.07) is 8.81. The van der Waals surface area contributed by atoms with Gasteiger partial charge < -0.3 is 24.5 Å². The SMILES string of the molecule is C=CCN(CCN1CCOCC1)C(=O)C1N(CCCO)C(=O)[C@@H]2[C@@H](C(=O)N(CC=C)c3ccccc3)[C@H]3CC(C)C12S3. The van der Waals surface area contributed by atoms with Crippen molar-refractivity contribution in [3.8, 4) is 0 Å². The molecule has 2 bridgehead atoms. The highest BCUT2D eigenvalue weighted by molar-refractivity contribution is 8.02. The van der Waals surface area contributed by atoms with Gasteiger partial charge in [-0.3, -0.25) is 19.3 Å². The van der Waals surface area contributed by atoms with Crippen LogP contribution in [0.5, 0.6) is 0 Å². The van der Waals surface area contributed by atoms with Gasteiger partial charge in [0.2, 0.25) is 17.7 Å². The van der Waals surface area contributed by atoms with Gasteiger partial charge in [0.15, 0.2) is 0 Å². The number of ether oxygens (including phenoxy) is 1. The molecule has 1 aromatic rings. The van der Waals surface area contributed by atoms with Crippen LogP contribution in [0.25, 0.3) is 0 Å². The second kappa shape index (κ2) is 13.3. The molecule has 3 unspecified atom stereocenters. The third-order valence-corrected chi connectivity index (χ3v) is 11.5. The van der Waals surface area contributed by atoms with Crippen LogP contribution in [0.1, 0.15) is 19.8 Å². The van der Waals surface area contributed by atoms with Gasteiger partial charge in [-0.2, -0.15) is 0 Å². The first kappa shape index (κ1) is 30.8. The van der Waals surface area contributed by atoms with Crippen LogP contribution in [-0.4, -0.2) is 119 Å². The van der Waals surface area contributed by atoms with Crippen LogP contribution in [0.4, 0.5) is 5.69 Å². The van der Waals surface area contributed by atoms with E-state index in [2.05, 4.69) is 25.0 Å². The molecule has 6 atom stereocenters. The smallest absolute Gasteiger partial charge is 0.247 e. The van der Waals surface area contributed by atoms with Gasteiger partial charge in [0, 0.05) is 63.4 Å². The van der Waals surface area contributed by atoms with Gasteiger partial charge in [-0.25, -0.2) is 0 Å². The summed E-state index contributed by atoms with van der Waals surface area (Å²) >= 11 is 1.69. The number of hydrogen-bond acceptors (Lipinski definition) is 7. The number of fused-ring (bicyclic) bond motifs is 1. The van der Waals surface area contributed by atoms with Crippen LogP contribution < -0.4 is 4.90 Å². The number of morpholine rings is 1. The van der Waals surface area contributed by atoms with Crippen molar-refractivity contribution in [1.82, 2.24) is 14.7 Å². The molecule has 1 N–H and O–H groups in total. The lowest BCUT2D eigenvalue weighted by Gasteiger charge is -2.41. The Morgan fingerprint density at radius 1 is 1.12 bits per heavy atom. The van der Waals surface area contributed by atoms with Gasteiger partial charge in [0.1, 0.15) is 6.04 Å². The van der Waals surface area contributed by atoms with Crippen molar-refractivity contribution in [3.63, 3.8) is 0 Å². The highest BCUT2D eigenvalue weighted by atomic mass is 32.2. The van der Waals surface area contributed by atoms with Gasteiger partial charge in [-0.15, -0.1) is 24.9 Å². The number of hydrogen-bond donors (Lipinski definition) is 1. The van der Waals surface area contributed by atoms with Gasteiger partial charge in [0.25, 0.3) is 0 Å². The number of thioether (sulfide) groups is 1. The second-order valence-corrected chi connectivity index (χ2v) is 13.3. The number of aliphatic hydroxyl groups excluding tert-OH is 1. The van der Waals surface area contributed by atoms with Crippen molar-refractivity contribution >= 4 is 35.2 Å². The van der Waals surface area contributed by atoms with E-state index in [-0.39, 0.29) is 42.0 Å². The van der Waals surface area contributed by atoms with Crippen molar-refractivity contribution in [2.24, 2.45) is 17.8 Å². The molecule has 9 nitrogen and oxygen atoms in total. The highest BCUT2D eigenvalue weighted by Crippen LogP contribution is 2.69. The minimum absolute atomic E-state index is 0.0472. The number of carbonyl (C=O) groups excluding carboxylic acids is 3. The van der Waals surface area contributed by atoms with Crippen molar-refractivity contribution in [2.75, 3.05) is 70.5 Å². The van der Waals surface area contributed by atoms with Crippen molar-refractivity contribution in [3.05, 3.63) is 55.6 Å². The van der Waals surface area contributed by atoms with Gasteiger partial charge >= 0.3 is 0 Å². The zero-order valence-corrected chi connectivity index (χ0v) is 25.4. The number of likely N-dealkylation sites (tertiary alicyclic amines) is 1. The third-order valence-electron chi connectivity index (χ3n) is 9.42. The zero-order valence-electron chi connectivity index (χ0n) is 24.6. The molecule has 0 radical (unpaired) electrons. The van der Waals surface area contributed by atoms with E-state index in [0.29, 0.717) is 39.3 Å². The molecule has 4 fully saturated rings. The Morgan fingerprint density at radius 2 is 1.83 bits per heavy atom. The van der Waals surface area contributed by atoms with Crippen LogP contribution in [0.15, 0.2) is 55.6 Å². The quantitative estimate of drug-likeness (QED) is 0.349. The lowest BCUT2D eigenvalue weighted by molar-refractivity contribution is -0.143. The number of carbonyl (C=O) groups is 3. The van der Waals surface area contributed by atoms with E-state index in [0.717, 1.165) is 31.7 Å². The van der Waals surface area contributed by atoms with Crippen molar-refractivity contribution in [2.45, 2.75) is 35.8 Å². The fraction of sp³-hybridized carbons (Fsp3) is 0.594. The molecule has 42 heavy (non-hydrogen) atoms. The number of rotatable bonds is 13. The minimum Gasteiger partial charge on any atom is -0.396 e. The topological polar surface area (TPSA) is 93.6 Å². The lowest BCUT2D eigenvalue weighted by Crippen LogP contribution is -2.58. The molecule has 0 saturated carbocycles. The summed E-state index contributed by atoms with van der Waals surface area (Å²) < 4.78 is 4.78. The molecule has 1 aromatic carbocycles. The number of para-hydroxylation sites is 1. The van der Waals surface area contributed by atoms with E-state index in [4.69, 9.17) is 4.74 Å². The Balaban J connectivity index is 1.48. The number of anilines is 1. The summed E-state index contributed by atoms with van der Waals surface area (Å²) in [7, 11) is 0. The Labute approximate surface area is 253 Å². The summed E-state index contributed by atoms with van der Waals surface area (Å²) in [5.41, 5.74) is 0.771. The molecule has 4 aliphatic rings. The molecule has 4 saturated heterocycles. The molecule has 4 aliphatic heterocycles. The van der Waals surface area contributed by atoms with Gasteiger partial charge in [-0.05, 0) is 30.9 Å². The van der Waals surface area contributed by atoms with E-state index in [1.807, 2.05) is 35.2 Å². The molecule has 1 spiro atoms. The largest absolute Gasteiger partial charge is 0.396 e. The average molecular weight is 597 g/mol. The molecule has 228 valence electrons. The number of benzene rings is 1. The first-order valence-corrected chi connectivity index (χ1v) is 16.0. The summed E-state index contributed by atoms with van der Waals surface area (Å²) in [4.78, 5) is 50.9. The maximum absolute atomic E-state index is 14.6. The maximum Gasteiger partial charge on any atom is 0.247 e. The number of aliphatic hydroxyl groups is 1. The summed E-state index contributed by atoms with van der Waals surface area (Å²) in [5, 5.41) is 9.66. The van der Waals surface area contributed by atoms with Crippen LogP contribution in [0, 0.1) is 17.8 Å². The van der Waals surface area contributed by atoms with Gasteiger partial charge in [0.05, 0.1) is 29.8 Å². The second-order valence-electron chi connectivity index (χ2n) is 11.8. The predicted octanol–water partition coefficient (Wildman–Crippen LogP) is 2.27. The van der Waals surface area contributed by atoms with Crippen LogP contribution in [0.2, 0.25) is 0 Å².